The van der Waals surface area contributed by atoms with Gasteiger partial charge in [0, 0.05) is 13.0 Å². The van der Waals surface area contributed by atoms with E-state index in [1.54, 1.807) is 30.3 Å². The van der Waals surface area contributed by atoms with Crippen LogP contribution in [0.1, 0.15) is 6.42 Å². The van der Waals surface area contributed by atoms with Crippen LogP contribution in [0.15, 0.2) is 47.4 Å². The van der Waals surface area contributed by atoms with Crippen molar-refractivity contribution < 1.29 is 22.7 Å². The molecule has 2 bridgehead atoms. The highest BCUT2D eigenvalue weighted by atomic mass is 32.2. The molecule has 3 aliphatic rings. The SMILES string of the molecule is CO[C@@H]1OC(=O)[C@@H]2[C@@H]3C=C[C@@H](C3)[C@]12S(=O)(=O)c1ccccc1. The van der Waals surface area contributed by atoms with E-state index in [0.717, 1.165) is 0 Å². The van der Waals surface area contributed by atoms with Crippen molar-refractivity contribution in [2.24, 2.45) is 17.8 Å². The number of cyclic esters (lactones) is 1. The van der Waals surface area contributed by atoms with E-state index < -0.39 is 32.8 Å². The van der Waals surface area contributed by atoms with E-state index in [0.29, 0.717) is 6.42 Å². The van der Waals surface area contributed by atoms with Crippen molar-refractivity contribution in [2.45, 2.75) is 22.4 Å². The summed E-state index contributed by atoms with van der Waals surface area (Å²) < 4.78 is 36.0. The van der Waals surface area contributed by atoms with Crippen molar-refractivity contribution in [3.63, 3.8) is 0 Å². The molecule has 1 saturated carbocycles. The maximum Gasteiger partial charge on any atom is 0.313 e. The van der Waals surface area contributed by atoms with E-state index in [1.165, 1.54) is 7.11 Å². The van der Waals surface area contributed by atoms with E-state index in [-0.39, 0.29) is 16.7 Å². The Bertz CT molecular complexity index is 754. The van der Waals surface area contributed by atoms with Gasteiger partial charge in [0.25, 0.3) is 0 Å². The average Bonchev–Trinajstić information content (AvgIpc) is 3.19. The third kappa shape index (κ3) is 1.42. The minimum Gasteiger partial charge on any atom is -0.434 e. The molecule has 0 unspecified atom stereocenters. The summed E-state index contributed by atoms with van der Waals surface area (Å²) >= 11 is 0. The molecule has 1 aromatic carbocycles. The Kier molecular flexibility index (Phi) is 2.81. The molecule has 1 aromatic rings. The van der Waals surface area contributed by atoms with Gasteiger partial charge in [0.2, 0.25) is 6.29 Å². The average molecular weight is 320 g/mol. The minimum atomic E-state index is -3.78. The molecule has 0 N–H and O–H groups in total. The standard InChI is InChI=1S/C16H16O5S/c1-20-15-16(22(18,19)12-5-3-2-4-6-12)11-8-7-10(9-11)13(16)14(17)21-15/h2-8,10-11,13,15H,9H2,1H3/t10-,11+,13+,15-,16-/m1/s1. The first-order valence-electron chi connectivity index (χ1n) is 7.24. The van der Waals surface area contributed by atoms with Gasteiger partial charge < -0.3 is 9.47 Å². The zero-order valence-electron chi connectivity index (χ0n) is 12.0. The lowest BCUT2D eigenvalue weighted by Gasteiger charge is -2.36. The van der Waals surface area contributed by atoms with Gasteiger partial charge in [0.05, 0.1) is 10.8 Å². The Hall–Kier alpha value is -1.66. The third-order valence-electron chi connectivity index (χ3n) is 5.19. The number of fused-ring (bicyclic) bond motifs is 5. The van der Waals surface area contributed by atoms with Gasteiger partial charge in [0.1, 0.15) is 0 Å². The van der Waals surface area contributed by atoms with E-state index >= 15 is 0 Å². The summed E-state index contributed by atoms with van der Waals surface area (Å²) in [5, 5.41) is 0. The summed E-state index contributed by atoms with van der Waals surface area (Å²) in [4.78, 5) is 12.5. The van der Waals surface area contributed by atoms with Gasteiger partial charge >= 0.3 is 5.97 Å². The largest absolute Gasteiger partial charge is 0.434 e. The summed E-state index contributed by atoms with van der Waals surface area (Å²) in [6.45, 7) is 0. The lowest BCUT2D eigenvalue weighted by molar-refractivity contribution is -0.162. The van der Waals surface area contributed by atoms with Crippen molar-refractivity contribution in [1.82, 2.24) is 0 Å². The second kappa shape index (κ2) is 4.43. The van der Waals surface area contributed by atoms with Crippen LogP contribution in [-0.4, -0.2) is 32.5 Å². The van der Waals surface area contributed by atoms with Gasteiger partial charge in [-0.15, -0.1) is 0 Å². The Balaban J connectivity index is 1.97. The molecule has 116 valence electrons. The fourth-order valence-electron chi connectivity index (χ4n) is 4.35. The number of allylic oxidation sites excluding steroid dienone is 2. The summed E-state index contributed by atoms with van der Waals surface area (Å²) in [5.74, 6) is -1.50. The van der Waals surface area contributed by atoms with Crippen molar-refractivity contribution in [3.8, 4) is 0 Å². The van der Waals surface area contributed by atoms with Crippen molar-refractivity contribution in [3.05, 3.63) is 42.5 Å². The number of ether oxygens (including phenoxy) is 2. The maximum absolute atomic E-state index is 13.4. The maximum atomic E-state index is 13.4. The number of methoxy groups -OCH3 is 1. The number of carbonyl (C=O) groups excluding carboxylic acids is 1. The Morgan fingerprint density at radius 3 is 2.64 bits per heavy atom. The highest BCUT2D eigenvalue weighted by molar-refractivity contribution is 7.93. The van der Waals surface area contributed by atoms with Gasteiger partial charge in [-0.05, 0) is 24.5 Å². The monoisotopic (exact) mass is 320 g/mol. The van der Waals surface area contributed by atoms with Crippen LogP contribution in [0.3, 0.4) is 0 Å². The van der Waals surface area contributed by atoms with E-state index in [2.05, 4.69) is 0 Å². The van der Waals surface area contributed by atoms with Crippen LogP contribution in [0.25, 0.3) is 0 Å². The van der Waals surface area contributed by atoms with Gasteiger partial charge in [-0.3, -0.25) is 4.79 Å². The number of rotatable bonds is 3. The normalized spacial score (nSPS) is 39.0. The second-order valence-corrected chi connectivity index (χ2v) is 8.23. The smallest absolute Gasteiger partial charge is 0.313 e. The summed E-state index contributed by atoms with van der Waals surface area (Å²) in [6, 6.07) is 8.25. The number of benzene rings is 1. The molecule has 2 fully saturated rings. The molecule has 0 radical (unpaired) electrons. The molecule has 1 aliphatic heterocycles. The van der Waals surface area contributed by atoms with Crippen molar-refractivity contribution in [1.29, 1.82) is 0 Å². The van der Waals surface area contributed by atoms with Crippen LogP contribution in [0.2, 0.25) is 0 Å². The molecule has 0 amide bonds. The van der Waals surface area contributed by atoms with E-state index in [1.807, 2.05) is 12.2 Å². The lowest BCUT2D eigenvalue weighted by Crippen LogP contribution is -2.54. The molecular formula is C16H16O5S. The number of hydrogen-bond donors (Lipinski definition) is 0. The van der Waals surface area contributed by atoms with Crippen molar-refractivity contribution >= 4 is 15.8 Å². The second-order valence-electron chi connectivity index (χ2n) is 6.04. The topological polar surface area (TPSA) is 69.7 Å². The summed E-state index contributed by atoms with van der Waals surface area (Å²) in [5.41, 5.74) is 0. The molecule has 1 heterocycles. The summed E-state index contributed by atoms with van der Waals surface area (Å²) in [7, 11) is -2.40. The zero-order chi connectivity index (χ0) is 15.5. The Morgan fingerprint density at radius 2 is 1.95 bits per heavy atom. The first kappa shape index (κ1) is 14.0. The number of carbonyl (C=O) groups is 1. The first-order chi connectivity index (χ1) is 10.5. The van der Waals surface area contributed by atoms with E-state index in [4.69, 9.17) is 9.47 Å². The van der Waals surface area contributed by atoms with Crippen LogP contribution in [-0.2, 0) is 24.1 Å². The third-order valence-corrected chi connectivity index (χ3v) is 7.76. The quantitative estimate of drug-likeness (QED) is 0.624. The van der Waals surface area contributed by atoms with Crippen LogP contribution >= 0.6 is 0 Å². The minimum absolute atomic E-state index is 0.0869. The van der Waals surface area contributed by atoms with Gasteiger partial charge in [0.15, 0.2) is 14.6 Å². The first-order valence-corrected chi connectivity index (χ1v) is 8.73. The van der Waals surface area contributed by atoms with Crippen LogP contribution in [0.4, 0.5) is 0 Å². The molecule has 0 spiro atoms. The molecule has 6 heteroatoms. The fourth-order valence-corrected chi connectivity index (χ4v) is 6.85. The molecule has 1 saturated heterocycles. The summed E-state index contributed by atoms with van der Waals surface area (Å²) in [6.07, 6.45) is 3.43. The Morgan fingerprint density at radius 1 is 1.23 bits per heavy atom. The van der Waals surface area contributed by atoms with Crippen LogP contribution in [0, 0.1) is 17.8 Å². The van der Waals surface area contributed by atoms with Gasteiger partial charge in [-0.1, -0.05) is 30.4 Å². The highest BCUT2D eigenvalue weighted by Gasteiger charge is 2.75. The van der Waals surface area contributed by atoms with Gasteiger partial charge in [-0.2, -0.15) is 0 Å². The molecule has 22 heavy (non-hydrogen) atoms. The number of sulfone groups is 1. The van der Waals surface area contributed by atoms with E-state index in [9.17, 15) is 13.2 Å². The molecule has 4 rings (SSSR count). The molecular weight excluding hydrogens is 304 g/mol. The lowest BCUT2D eigenvalue weighted by atomic mass is 9.83. The zero-order valence-corrected chi connectivity index (χ0v) is 12.8. The Labute approximate surface area is 128 Å². The van der Waals surface area contributed by atoms with Crippen LogP contribution in [0.5, 0.6) is 0 Å². The molecule has 5 atom stereocenters. The molecule has 0 aromatic heterocycles. The number of esters is 1. The predicted octanol–water partition coefficient (Wildman–Crippen LogP) is 1.55. The molecule has 2 aliphatic carbocycles. The predicted molar refractivity (Wildman–Crippen MR) is 77.5 cm³/mol. The van der Waals surface area contributed by atoms with Gasteiger partial charge in [-0.25, -0.2) is 8.42 Å². The van der Waals surface area contributed by atoms with Crippen molar-refractivity contribution in [2.75, 3.05) is 7.11 Å². The van der Waals surface area contributed by atoms with Crippen LogP contribution < -0.4 is 0 Å². The fraction of sp³-hybridized carbons (Fsp3) is 0.438. The highest BCUT2D eigenvalue weighted by Crippen LogP contribution is 2.61. The number of hydrogen-bond acceptors (Lipinski definition) is 5. The molecule has 5 nitrogen and oxygen atoms in total.